The highest BCUT2D eigenvalue weighted by Crippen LogP contribution is 2.26. The molecule has 1 aromatic rings. The van der Waals surface area contributed by atoms with Crippen molar-refractivity contribution in [2.45, 2.75) is 45.7 Å². The predicted octanol–water partition coefficient (Wildman–Crippen LogP) is 2.07. The van der Waals surface area contributed by atoms with E-state index in [1.165, 1.54) is 23.1 Å². The number of carboxylic acid groups (broad SMARTS) is 1. The van der Waals surface area contributed by atoms with Gasteiger partial charge in [-0.3, -0.25) is 4.79 Å². The molecular formula is C18H24ClN3O5. The SMILES string of the molecule is CC(C)(C)C(NOC(=O)c1ccc(N)c(Cl)c1)C(=O)N1CCC[C@H]1C(=O)O. The van der Waals surface area contributed by atoms with E-state index >= 15 is 0 Å². The molecule has 1 aliphatic heterocycles. The summed E-state index contributed by atoms with van der Waals surface area (Å²) in [6.45, 7) is 5.73. The number of aliphatic carboxylic acids is 1. The summed E-state index contributed by atoms with van der Waals surface area (Å²) in [5.74, 6) is -2.19. The minimum atomic E-state index is -1.04. The highest BCUT2D eigenvalue weighted by molar-refractivity contribution is 6.33. The van der Waals surface area contributed by atoms with Crippen molar-refractivity contribution < 1.29 is 24.3 Å². The molecule has 27 heavy (non-hydrogen) atoms. The highest BCUT2D eigenvalue weighted by Gasteiger charge is 2.41. The minimum Gasteiger partial charge on any atom is -0.480 e. The lowest BCUT2D eigenvalue weighted by Gasteiger charge is -2.34. The normalized spacial score (nSPS) is 18.2. The molecule has 0 radical (unpaired) electrons. The van der Waals surface area contributed by atoms with Gasteiger partial charge in [0.2, 0.25) is 5.91 Å². The quantitative estimate of drug-likeness (QED) is 0.513. The van der Waals surface area contributed by atoms with E-state index in [0.29, 0.717) is 25.1 Å². The molecule has 1 heterocycles. The first-order valence-electron chi connectivity index (χ1n) is 8.57. The first-order chi connectivity index (χ1) is 12.5. The zero-order valence-electron chi connectivity index (χ0n) is 15.5. The van der Waals surface area contributed by atoms with Crippen molar-refractivity contribution in [1.29, 1.82) is 0 Å². The largest absolute Gasteiger partial charge is 0.480 e. The number of carboxylic acids is 1. The molecule has 1 saturated heterocycles. The number of nitrogens with zero attached hydrogens (tertiary/aromatic N) is 1. The molecule has 1 amide bonds. The molecule has 0 bridgehead atoms. The Morgan fingerprint density at radius 3 is 2.59 bits per heavy atom. The second-order valence-electron chi connectivity index (χ2n) is 7.57. The van der Waals surface area contributed by atoms with Crippen molar-refractivity contribution in [2.24, 2.45) is 5.41 Å². The number of carbonyl (C=O) groups is 3. The zero-order chi connectivity index (χ0) is 20.4. The lowest BCUT2D eigenvalue weighted by atomic mass is 9.86. The van der Waals surface area contributed by atoms with Crippen LogP contribution >= 0.6 is 11.6 Å². The Balaban J connectivity index is 2.13. The average Bonchev–Trinajstić information content (AvgIpc) is 3.06. The third-order valence-electron chi connectivity index (χ3n) is 4.44. The van der Waals surface area contributed by atoms with Gasteiger partial charge in [-0.15, -0.1) is 5.48 Å². The summed E-state index contributed by atoms with van der Waals surface area (Å²) in [6, 6.07) is 2.53. The molecule has 4 N–H and O–H groups in total. The van der Waals surface area contributed by atoms with Gasteiger partial charge in [0.25, 0.3) is 0 Å². The molecule has 148 valence electrons. The molecule has 2 atom stereocenters. The molecule has 9 heteroatoms. The fourth-order valence-electron chi connectivity index (χ4n) is 2.88. The maximum atomic E-state index is 12.9. The van der Waals surface area contributed by atoms with E-state index in [2.05, 4.69) is 5.48 Å². The van der Waals surface area contributed by atoms with Gasteiger partial charge in [0, 0.05) is 6.54 Å². The molecule has 1 aliphatic rings. The van der Waals surface area contributed by atoms with E-state index in [-0.39, 0.29) is 10.6 Å². The van der Waals surface area contributed by atoms with Crippen LogP contribution in [0.4, 0.5) is 5.69 Å². The van der Waals surface area contributed by atoms with Crippen LogP contribution in [0.5, 0.6) is 0 Å². The Bertz CT molecular complexity index is 747. The smallest absolute Gasteiger partial charge is 0.356 e. The van der Waals surface area contributed by atoms with Gasteiger partial charge in [-0.2, -0.15) is 0 Å². The number of rotatable bonds is 5. The third-order valence-corrected chi connectivity index (χ3v) is 4.77. The van der Waals surface area contributed by atoms with Crippen LogP contribution in [0.3, 0.4) is 0 Å². The average molecular weight is 398 g/mol. The Kier molecular flexibility index (Phi) is 6.33. The molecule has 1 aromatic carbocycles. The summed E-state index contributed by atoms with van der Waals surface area (Å²) >= 11 is 5.91. The van der Waals surface area contributed by atoms with E-state index < -0.39 is 35.3 Å². The topological polar surface area (TPSA) is 122 Å². The Morgan fingerprint density at radius 2 is 2.04 bits per heavy atom. The number of hydroxylamine groups is 1. The van der Waals surface area contributed by atoms with E-state index in [1.807, 2.05) is 0 Å². The molecule has 0 saturated carbocycles. The first-order valence-corrected chi connectivity index (χ1v) is 8.95. The van der Waals surface area contributed by atoms with Crippen molar-refractivity contribution in [3.05, 3.63) is 28.8 Å². The first kappa shape index (κ1) is 21.0. The summed E-state index contributed by atoms with van der Waals surface area (Å²) in [5.41, 5.74) is 8.02. The number of nitrogen functional groups attached to an aromatic ring is 1. The van der Waals surface area contributed by atoms with Gasteiger partial charge < -0.3 is 20.6 Å². The number of hydrogen-bond acceptors (Lipinski definition) is 6. The molecule has 0 aromatic heterocycles. The fourth-order valence-corrected chi connectivity index (χ4v) is 3.06. The number of anilines is 1. The monoisotopic (exact) mass is 397 g/mol. The summed E-state index contributed by atoms with van der Waals surface area (Å²) in [6.07, 6.45) is 1.02. The van der Waals surface area contributed by atoms with Crippen LogP contribution < -0.4 is 11.2 Å². The number of nitrogens with one attached hydrogen (secondary N) is 1. The zero-order valence-corrected chi connectivity index (χ0v) is 16.2. The fraction of sp³-hybridized carbons (Fsp3) is 0.500. The van der Waals surface area contributed by atoms with Gasteiger partial charge in [-0.05, 0) is 36.5 Å². The number of benzene rings is 1. The van der Waals surface area contributed by atoms with Gasteiger partial charge >= 0.3 is 11.9 Å². The van der Waals surface area contributed by atoms with Gasteiger partial charge in [0.1, 0.15) is 12.1 Å². The van der Waals surface area contributed by atoms with Crippen molar-refractivity contribution in [2.75, 3.05) is 12.3 Å². The van der Waals surface area contributed by atoms with Crippen LogP contribution in [0.25, 0.3) is 0 Å². The predicted molar refractivity (Wildman–Crippen MR) is 100 cm³/mol. The van der Waals surface area contributed by atoms with Gasteiger partial charge in [-0.1, -0.05) is 32.4 Å². The summed E-state index contributed by atoms with van der Waals surface area (Å²) in [4.78, 5) is 43.0. The second-order valence-corrected chi connectivity index (χ2v) is 7.98. The Labute approximate surface area is 162 Å². The van der Waals surface area contributed by atoms with Crippen LogP contribution in [-0.4, -0.2) is 46.5 Å². The van der Waals surface area contributed by atoms with Crippen molar-refractivity contribution >= 4 is 35.1 Å². The highest BCUT2D eigenvalue weighted by atomic mass is 35.5. The van der Waals surface area contributed by atoms with Gasteiger partial charge in [-0.25, -0.2) is 9.59 Å². The second kappa shape index (κ2) is 8.14. The molecule has 0 aliphatic carbocycles. The van der Waals surface area contributed by atoms with Crippen molar-refractivity contribution in [1.82, 2.24) is 10.4 Å². The summed E-state index contributed by atoms with van der Waals surface area (Å²) in [5, 5.41) is 9.53. The maximum absolute atomic E-state index is 12.9. The van der Waals surface area contributed by atoms with Crippen molar-refractivity contribution in [3.63, 3.8) is 0 Å². The van der Waals surface area contributed by atoms with Crippen LogP contribution in [0.2, 0.25) is 5.02 Å². The number of carbonyl (C=O) groups excluding carboxylic acids is 2. The number of hydrogen-bond donors (Lipinski definition) is 3. The van der Waals surface area contributed by atoms with Crippen LogP contribution in [0.15, 0.2) is 18.2 Å². The number of amides is 1. The molecule has 1 fully saturated rings. The summed E-state index contributed by atoms with van der Waals surface area (Å²) in [7, 11) is 0. The molecule has 2 rings (SSSR count). The lowest BCUT2D eigenvalue weighted by molar-refractivity contribution is -0.152. The van der Waals surface area contributed by atoms with E-state index in [9.17, 15) is 19.5 Å². The van der Waals surface area contributed by atoms with E-state index in [4.69, 9.17) is 22.2 Å². The standard InChI is InChI=1S/C18H24ClN3O5/c1-18(2,3)14(15(23)22-8-4-5-13(22)16(24)25)21-27-17(26)10-6-7-12(20)11(19)9-10/h6-7,9,13-14,21H,4-5,8,20H2,1-3H3,(H,24,25)/t13-,14?/m0/s1. The van der Waals surface area contributed by atoms with Gasteiger partial charge in [0.15, 0.2) is 0 Å². The molecular weight excluding hydrogens is 374 g/mol. The van der Waals surface area contributed by atoms with Crippen LogP contribution in [0, 0.1) is 5.41 Å². The Hall–Kier alpha value is -2.32. The van der Waals surface area contributed by atoms with E-state index in [0.717, 1.165) is 0 Å². The maximum Gasteiger partial charge on any atom is 0.356 e. The minimum absolute atomic E-state index is 0.173. The van der Waals surface area contributed by atoms with Gasteiger partial charge in [0.05, 0.1) is 16.3 Å². The summed E-state index contributed by atoms with van der Waals surface area (Å²) < 4.78 is 0. The van der Waals surface area contributed by atoms with E-state index in [1.54, 1.807) is 20.8 Å². The van der Waals surface area contributed by atoms with Crippen molar-refractivity contribution in [3.8, 4) is 0 Å². The van der Waals surface area contributed by atoms with Crippen LogP contribution in [0.1, 0.15) is 44.0 Å². The number of likely N-dealkylation sites (tertiary alicyclic amines) is 1. The van der Waals surface area contributed by atoms with Crippen LogP contribution in [-0.2, 0) is 14.4 Å². The Morgan fingerprint density at radius 1 is 1.37 bits per heavy atom. The lowest BCUT2D eigenvalue weighted by Crippen LogP contribution is -2.55. The third kappa shape index (κ3) is 4.90. The molecule has 8 nitrogen and oxygen atoms in total. The number of nitrogens with two attached hydrogens (primary N) is 1. The molecule has 1 unspecified atom stereocenters. The number of halogens is 1. The molecule has 0 spiro atoms.